The minimum Gasteiger partial charge on any atom is -0.372 e. The van der Waals surface area contributed by atoms with Crippen molar-refractivity contribution in [2.24, 2.45) is 5.73 Å². The zero-order chi connectivity index (χ0) is 10.4. The molecule has 0 saturated carbocycles. The van der Waals surface area contributed by atoms with Crippen molar-refractivity contribution in [2.75, 3.05) is 26.7 Å². The van der Waals surface area contributed by atoms with Gasteiger partial charge in [0.2, 0.25) is 0 Å². The van der Waals surface area contributed by atoms with Crippen LogP contribution in [0.15, 0.2) is 0 Å². The molecule has 0 radical (unpaired) electrons. The van der Waals surface area contributed by atoms with Gasteiger partial charge in [-0.1, -0.05) is 13.3 Å². The highest BCUT2D eigenvalue weighted by Gasteiger charge is 2.24. The van der Waals surface area contributed by atoms with Crippen molar-refractivity contribution in [1.82, 2.24) is 4.90 Å². The van der Waals surface area contributed by atoms with E-state index in [2.05, 4.69) is 18.9 Å². The fraction of sp³-hybridized carbons (Fsp3) is 1.00. The van der Waals surface area contributed by atoms with Crippen LogP contribution in [0.3, 0.4) is 0 Å². The molecule has 0 bridgehead atoms. The first kappa shape index (κ1) is 12.0. The lowest BCUT2D eigenvalue weighted by atomic mass is 10.2. The predicted octanol–water partition coefficient (Wildman–Crippen LogP) is 1.22. The number of hydrogen-bond donors (Lipinski definition) is 1. The van der Waals surface area contributed by atoms with Crippen molar-refractivity contribution in [3.8, 4) is 0 Å². The van der Waals surface area contributed by atoms with E-state index in [4.69, 9.17) is 10.5 Å². The molecule has 2 unspecified atom stereocenters. The maximum atomic E-state index is 5.79. The van der Waals surface area contributed by atoms with Crippen LogP contribution in [0, 0.1) is 0 Å². The Morgan fingerprint density at radius 3 is 2.64 bits per heavy atom. The number of nitrogens with zero attached hydrogens (tertiary/aromatic N) is 1. The largest absolute Gasteiger partial charge is 0.372 e. The minimum atomic E-state index is 0.319. The van der Waals surface area contributed by atoms with E-state index >= 15 is 0 Å². The van der Waals surface area contributed by atoms with E-state index in [0.717, 1.165) is 13.0 Å². The Morgan fingerprint density at radius 1 is 1.36 bits per heavy atom. The third-order valence-electron chi connectivity index (χ3n) is 2.87. The summed E-state index contributed by atoms with van der Waals surface area (Å²) in [5.41, 5.74) is 5.57. The smallest absolute Gasteiger partial charge is 0.0707 e. The average molecular weight is 200 g/mol. The van der Waals surface area contributed by atoms with Crippen molar-refractivity contribution in [2.45, 2.75) is 44.8 Å². The number of unbranched alkanes of at least 4 members (excludes halogenated alkanes) is 1. The zero-order valence-corrected chi connectivity index (χ0v) is 9.54. The van der Waals surface area contributed by atoms with Crippen LogP contribution in [0.1, 0.15) is 32.6 Å². The molecule has 3 heteroatoms. The van der Waals surface area contributed by atoms with Gasteiger partial charge < -0.3 is 15.4 Å². The van der Waals surface area contributed by atoms with Gasteiger partial charge in [-0.15, -0.1) is 0 Å². The summed E-state index contributed by atoms with van der Waals surface area (Å²) in [6, 6.07) is 0. The standard InChI is InChI=1S/C11H24N2O/c1-3-4-7-13(2)9-11-6-5-10(8-12)14-11/h10-11H,3-9,12H2,1-2H3. The molecule has 0 spiro atoms. The summed E-state index contributed by atoms with van der Waals surface area (Å²) >= 11 is 0. The molecule has 1 rings (SSSR count). The van der Waals surface area contributed by atoms with Crippen LogP contribution in [0.2, 0.25) is 0 Å². The van der Waals surface area contributed by atoms with Crippen molar-refractivity contribution in [3.63, 3.8) is 0 Å². The second-order valence-corrected chi connectivity index (χ2v) is 4.31. The molecular formula is C11H24N2O. The Balaban J connectivity index is 2.12. The molecule has 0 amide bonds. The average Bonchev–Trinajstić information content (AvgIpc) is 2.62. The molecule has 1 saturated heterocycles. The maximum absolute atomic E-state index is 5.79. The topological polar surface area (TPSA) is 38.5 Å². The Bertz CT molecular complexity index is 152. The second kappa shape index (κ2) is 6.38. The van der Waals surface area contributed by atoms with Gasteiger partial charge >= 0.3 is 0 Å². The molecule has 84 valence electrons. The summed E-state index contributed by atoms with van der Waals surface area (Å²) in [7, 11) is 2.18. The highest BCUT2D eigenvalue weighted by atomic mass is 16.5. The lowest BCUT2D eigenvalue weighted by Crippen LogP contribution is -2.31. The van der Waals surface area contributed by atoms with Gasteiger partial charge in [0.15, 0.2) is 0 Å². The number of rotatable bonds is 6. The Morgan fingerprint density at radius 2 is 2.07 bits per heavy atom. The summed E-state index contributed by atoms with van der Waals surface area (Å²) in [5, 5.41) is 0. The third kappa shape index (κ3) is 3.95. The van der Waals surface area contributed by atoms with Crippen molar-refractivity contribution in [1.29, 1.82) is 0 Å². The van der Waals surface area contributed by atoms with Crippen molar-refractivity contribution < 1.29 is 4.74 Å². The first-order chi connectivity index (χ1) is 6.76. The fourth-order valence-corrected chi connectivity index (χ4v) is 1.95. The first-order valence-electron chi connectivity index (χ1n) is 5.80. The van der Waals surface area contributed by atoms with Crippen LogP contribution in [-0.4, -0.2) is 43.8 Å². The molecule has 1 heterocycles. The number of likely N-dealkylation sites (N-methyl/N-ethyl adjacent to an activating group) is 1. The lowest BCUT2D eigenvalue weighted by Gasteiger charge is -2.20. The molecule has 2 atom stereocenters. The summed E-state index contributed by atoms with van der Waals surface area (Å²) in [6.45, 7) is 5.15. The summed E-state index contributed by atoms with van der Waals surface area (Å²) in [4.78, 5) is 2.37. The van der Waals surface area contributed by atoms with Gasteiger partial charge in [0.1, 0.15) is 0 Å². The molecule has 1 aliphatic rings. The van der Waals surface area contributed by atoms with Gasteiger partial charge in [-0.3, -0.25) is 0 Å². The highest BCUT2D eigenvalue weighted by Crippen LogP contribution is 2.19. The van der Waals surface area contributed by atoms with Gasteiger partial charge in [0.05, 0.1) is 12.2 Å². The van der Waals surface area contributed by atoms with E-state index in [1.807, 2.05) is 0 Å². The molecule has 0 aliphatic carbocycles. The Labute approximate surface area is 87.6 Å². The van der Waals surface area contributed by atoms with Crippen LogP contribution in [-0.2, 0) is 4.74 Å². The van der Waals surface area contributed by atoms with Crippen LogP contribution in [0.5, 0.6) is 0 Å². The van der Waals surface area contributed by atoms with Crippen LogP contribution in [0.4, 0.5) is 0 Å². The van der Waals surface area contributed by atoms with E-state index in [-0.39, 0.29) is 0 Å². The predicted molar refractivity (Wildman–Crippen MR) is 59.4 cm³/mol. The summed E-state index contributed by atoms with van der Waals surface area (Å²) in [6.07, 6.45) is 5.61. The lowest BCUT2D eigenvalue weighted by molar-refractivity contribution is 0.0317. The molecule has 1 fully saturated rings. The second-order valence-electron chi connectivity index (χ2n) is 4.31. The van der Waals surface area contributed by atoms with Crippen molar-refractivity contribution in [3.05, 3.63) is 0 Å². The molecule has 3 nitrogen and oxygen atoms in total. The normalized spacial score (nSPS) is 27.4. The first-order valence-corrected chi connectivity index (χ1v) is 5.80. The van der Waals surface area contributed by atoms with Crippen LogP contribution < -0.4 is 5.73 Å². The molecular weight excluding hydrogens is 176 g/mol. The van der Waals surface area contributed by atoms with Crippen molar-refractivity contribution >= 4 is 0 Å². The number of nitrogens with two attached hydrogens (primary N) is 1. The van der Waals surface area contributed by atoms with Crippen LogP contribution >= 0.6 is 0 Å². The SMILES string of the molecule is CCCCN(C)CC1CCC(CN)O1. The summed E-state index contributed by atoms with van der Waals surface area (Å²) in [5.74, 6) is 0. The summed E-state index contributed by atoms with van der Waals surface area (Å²) < 4.78 is 5.79. The molecule has 1 aliphatic heterocycles. The van der Waals surface area contributed by atoms with Gasteiger partial charge in [0.25, 0.3) is 0 Å². The minimum absolute atomic E-state index is 0.319. The quantitative estimate of drug-likeness (QED) is 0.701. The van der Waals surface area contributed by atoms with E-state index in [9.17, 15) is 0 Å². The van der Waals surface area contributed by atoms with E-state index < -0.39 is 0 Å². The highest BCUT2D eigenvalue weighted by molar-refractivity contribution is 4.76. The van der Waals surface area contributed by atoms with E-state index in [0.29, 0.717) is 18.8 Å². The van der Waals surface area contributed by atoms with Gasteiger partial charge in [-0.25, -0.2) is 0 Å². The molecule has 0 aromatic carbocycles. The molecule has 0 aromatic heterocycles. The number of ether oxygens (including phenoxy) is 1. The number of hydrogen-bond acceptors (Lipinski definition) is 3. The Hall–Kier alpha value is -0.120. The zero-order valence-electron chi connectivity index (χ0n) is 9.54. The molecule has 14 heavy (non-hydrogen) atoms. The Kier molecular flexibility index (Phi) is 5.45. The maximum Gasteiger partial charge on any atom is 0.0707 e. The third-order valence-corrected chi connectivity index (χ3v) is 2.87. The van der Waals surface area contributed by atoms with Gasteiger partial charge in [-0.2, -0.15) is 0 Å². The van der Waals surface area contributed by atoms with Gasteiger partial charge in [0, 0.05) is 13.1 Å². The van der Waals surface area contributed by atoms with E-state index in [1.54, 1.807) is 0 Å². The monoisotopic (exact) mass is 200 g/mol. The molecule has 0 aromatic rings. The van der Waals surface area contributed by atoms with Crippen LogP contribution in [0.25, 0.3) is 0 Å². The van der Waals surface area contributed by atoms with Gasteiger partial charge in [-0.05, 0) is 32.9 Å². The van der Waals surface area contributed by atoms with E-state index in [1.165, 1.54) is 25.8 Å². The molecule has 2 N–H and O–H groups in total. The fourth-order valence-electron chi connectivity index (χ4n) is 1.95.